The Labute approximate surface area is 113 Å². The van der Waals surface area contributed by atoms with Crippen LogP contribution in [0.15, 0.2) is 18.3 Å². The Morgan fingerprint density at radius 3 is 2.94 bits per heavy atom. The van der Waals surface area contributed by atoms with Crippen LogP contribution in [0.4, 0.5) is 0 Å². The lowest BCUT2D eigenvalue weighted by molar-refractivity contribution is 0.280. The van der Waals surface area contributed by atoms with Crippen molar-refractivity contribution < 1.29 is 0 Å². The van der Waals surface area contributed by atoms with Crippen LogP contribution < -0.4 is 11.3 Å². The second-order valence-electron chi connectivity index (χ2n) is 5.80. The van der Waals surface area contributed by atoms with Gasteiger partial charge in [0.1, 0.15) is 5.15 Å². The molecule has 3 rings (SSSR count). The fraction of sp³-hybridized carbons (Fsp3) is 0.643. The molecular weight excluding hydrogens is 246 g/mol. The molecule has 2 bridgehead atoms. The second-order valence-corrected chi connectivity index (χ2v) is 6.19. The molecule has 4 unspecified atom stereocenters. The maximum absolute atomic E-state index is 5.95. The van der Waals surface area contributed by atoms with E-state index < -0.39 is 0 Å². The minimum absolute atomic E-state index is 0.204. The zero-order valence-electron chi connectivity index (χ0n) is 10.5. The molecule has 18 heavy (non-hydrogen) atoms. The van der Waals surface area contributed by atoms with Crippen molar-refractivity contribution in [3.63, 3.8) is 0 Å². The Hall–Kier alpha value is -0.640. The summed E-state index contributed by atoms with van der Waals surface area (Å²) in [6.07, 6.45) is 8.58. The van der Waals surface area contributed by atoms with Crippen molar-refractivity contribution in [2.75, 3.05) is 0 Å². The van der Waals surface area contributed by atoms with Crippen molar-refractivity contribution in [3.05, 3.63) is 29.0 Å². The fourth-order valence-electron chi connectivity index (χ4n) is 3.90. The molecule has 2 saturated carbocycles. The van der Waals surface area contributed by atoms with Gasteiger partial charge in [0.25, 0.3) is 0 Å². The van der Waals surface area contributed by atoms with Crippen LogP contribution in [0.1, 0.15) is 43.7 Å². The molecule has 1 aromatic rings. The molecule has 2 fully saturated rings. The number of halogens is 1. The zero-order valence-corrected chi connectivity index (χ0v) is 11.2. The van der Waals surface area contributed by atoms with Gasteiger partial charge in [-0.1, -0.05) is 18.0 Å². The number of hydrazine groups is 1. The Morgan fingerprint density at radius 1 is 1.44 bits per heavy atom. The van der Waals surface area contributed by atoms with Gasteiger partial charge < -0.3 is 0 Å². The third kappa shape index (κ3) is 2.40. The SMILES string of the molecule is NNC(CC1CC2CCC1C2)c1ccnc(Cl)c1. The third-order valence-electron chi connectivity index (χ3n) is 4.78. The molecule has 0 aliphatic heterocycles. The smallest absolute Gasteiger partial charge is 0.129 e. The van der Waals surface area contributed by atoms with Crippen molar-refractivity contribution >= 4 is 11.6 Å². The molecule has 98 valence electrons. The second kappa shape index (κ2) is 5.16. The molecule has 0 amide bonds. The number of aromatic nitrogens is 1. The largest absolute Gasteiger partial charge is 0.271 e. The quantitative estimate of drug-likeness (QED) is 0.500. The summed E-state index contributed by atoms with van der Waals surface area (Å²) in [7, 11) is 0. The van der Waals surface area contributed by atoms with Gasteiger partial charge in [-0.05, 0) is 61.1 Å². The molecule has 4 atom stereocenters. The summed E-state index contributed by atoms with van der Waals surface area (Å²) in [5.74, 6) is 8.47. The van der Waals surface area contributed by atoms with Gasteiger partial charge in [-0.3, -0.25) is 11.3 Å². The van der Waals surface area contributed by atoms with E-state index in [2.05, 4.69) is 10.4 Å². The van der Waals surface area contributed by atoms with E-state index in [-0.39, 0.29) is 6.04 Å². The maximum atomic E-state index is 5.95. The normalized spacial score (nSPS) is 31.8. The van der Waals surface area contributed by atoms with Gasteiger partial charge in [-0.2, -0.15) is 0 Å². The molecular formula is C14H20ClN3. The van der Waals surface area contributed by atoms with Gasteiger partial charge in [0.05, 0.1) is 0 Å². The zero-order chi connectivity index (χ0) is 12.5. The highest BCUT2D eigenvalue weighted by Gasteiger charge is 2.40. The molecule has 2 aliphatic carbocycles. The van der Waals surface area contributed by atoms with Gasteiger partial charge in [0, 0.05) is 12.2 Å². The highest BCUT2D eigenvalue weighted by Crippen LogP contribution is 2.50. The first kappa shape index (κ1) is 12.4. The topological polar surface area (TPSA) is 50.9 Å². The lowest BCUT2D eigenvalue weighted by atomic mass is 9.83. The van der Waals surface area contributed by atoms with Gasteiger partial charge in [-0.15, -0.1) is 0 Å². The summed E-state index contributed by atoms with van der Waals surface area (Å²) in [5, 5.41) is 0.542. The predicted octanol–water partition coefficient (Wildman–Crippen LogP) is 3.07. The van der Waals surface area contributed by atoms with E-state index in [1.54, 1.807) is 6.20 Å². The average Bonchev–Trinajstić information content (AvgIpc) is 2.98. The van der Waals surface area contributed by atoms with E-state index in [4.69, 9.17) is 17.4 Å². The van der Waals surface area contributed by atoms with Gasteiger partial charge in [0.2, 0.25) is 0 Å². The van der Waals surface area contributed by atoms with Crippen LogP contribution in [0, 0.1) is 17.8 Å². The average molecular weight is 266 g/mol. The lowest BCUT2D eigenvalue weighted by Crippen LogP contribution is -2.30. The van der Waals surface area contributed by atoms with Gasteiger partial charge in [0.15, 0.2) is 0 Å². The van der Waals surface area contributed by atoms with E-state index in [0.717, 1.165) is 29.7 Å². The summed E-state index contributed by atoms with van der Waals surface area (Å²) in [6.45, 7) is 0. The maximum Gasteiger partial charge on any atom is 0.129 e. The predicted molar refractivity (Wildman–Crippen MR) is 72.9 cm³/mol. The highest BCUT2D eigenvalue weighted by atomic mass is 35.5. The Balaban J connectivity index is 1.69. The Bertz CT molecular complexity index is 423. The first-order valence-corrected chi connectivity index (χ1v) is 7.21. The molecule has 4 heteroatoms. The van der Waals surface area contributed by atoms with Crippen LogP contribution in [0.5, 0.6) is 0 Å². The molecule has 0 aromatic carbocycles. The number of rotatable bonds is 4. The summed E-state index contributed by atoms with van der Waals surface area (Å²) in [5.41, 5.74) is 4.10. The van der Waals surface area contributed by atoms with Crippen LogP contribution >= 0.6 is 11.6 Å². The number of hydrogen-bond acceptors (Lipinski definition) is 3. The Morgan fingerprint density at radius 2 is 2.33 bits per heavy atom. The van der Waals surface area contributed by atoms with Crippen LogP contribution in [0.3, 0.4) is 0 Å². The minimum Gasteiger partial charge on any atom is -0.271 e. The van der Waals surface area contributed by atoms with Crippen molar-refractivity contribution in [2.45, 2.75) is 38.1 Å². The molecule has 0 radical (unpaired) electrons. The lowest BCUT2D eigenvalue weighted by Gasteiger charge is -2.26. The number of hydrogen-bond donors (Lipinski definition) is 2. The summed E-state index contributed by atoms with van der Waals surface area (Å²) in [6, 6.07) is 4.12. The molecule has 1 heterocycles. The summed E-state index contributed by atoms with van der Waals surface area (Å²) >= 11 is 5.95. The molecule has 3 nitrogen and oxygen atoms in total. The molecule has 2 aliphatic rings. The molecule has 1 aromatic heterocycles. The summed E-state index contributed by atoms with van der Waals surface area (Å²) < 4.78 is 0. The first-order chi connectivity index (χ1) is 8.76. The molecule has 0 saturated heterocycles. The number of pyridine rings is 1. The number of nitrogens with two attached hydrogens (primary N) is 1. The third-order valence-corrected chi connectivity index (χ3v) is 4.98. The van der Waals surface area contributed by atoms with E-state index >= 15 is 0 Å². The first-order valence-electron chi connectivity index (χ1n) is 6.84. The van der Waals surface area contributed by atoms with Crippen LogP contribution in [-0.4, -0.2) is 4.98 Å². The van der Waals surface area contributed by atoms with Crippen LogP contribution in [0.2, 0.25) is 5.15 Å². The summed E-state index contributed by atoms with van der Waals surface area (Å²) in [4.78, 5) is 4.02. The van der Waals surface area contributed by atoms with E-state index in [9.17, 15) is 0 Å². The van der Waals surface area contributed by atoms with E-state index in [0.29, 0.717) is 5.15 Å². The van der Waals surface area contributed by atoms with Crippen molar-refractivity contribution in [1.82, 2.24) is 10.4 Å². The minimum atomic E-state index is 0.204. The van der Waals surface area contributed by atoms with Crippen molar-refractivity contribution in [2.24, 2.45) is 23.6 Å². The monoisotopic (exact) mass is 265 g/mol. The van der Waals surface area contributed by atoms with E-state index in [1.165, 1.54) is 25.7 Å². The molecule has 0 spiro atoms. The van der Waals surface area contributed by atoms with Crippen molar-refractivity contribution in [3.8, 4) is 0 Å². The van der Waals surface area contributed by atoms with Crippen LogP contribution in [-0.2, 0) is 0 Å². The van der Waals surface area contributed by atoms with Crippen LogP contribution in [0.25, 0.3) is 0 Å². The number of nitrogens with one attached hydrogen (secondary N) is 1. The van der Waals surface area contributed by atoms with Gasteiger partial charge in [-0.25, -0.2) is 4.98 Å². The molecule has 3 N–H and O–H groups in total. The van der Waals surface area contributed by atoms with Crippen molar-refractivity contribution in [1.29, 1.82) is 0 Å². The number of nitrogens with zero attached hydrogens (tertiary/aromatic N) is 1. The highest BCUT2D eigenvalue weighted by molar-refractivity contribution is 6.29. The Kier molecular flexibility index (Phi) is 3.55. The van der Waals surface area contributed by atoms with Gasteiger partial charge >= 0.3 is 0 Å². The number of fused-ring (bicyclic) bond motifs is 2. The van der Waals surface area contributed by atoms with E-state index in [1.807, 2.05) is 12.1 Å². The fourth-order valence-corrected chi connectivity index (χ4v) is 4.08. The standard InChI is InChI=1S/C14H20ClN3/c15-14-8-11(3-4-17-14)13(18-16)7-12-6-9-1-2-10(12)5-9/h3-4,8-10,12-13,18H,1-2,5-7,16H2.